The fraction of sp³-hybridized carbons (Fsp3) is 0.333. The van der Waals surface area contributed by atoms with E-state index in [0.717, 1.165) is 0 Å². The average Bonchev–Trinajstić information content (AvgIpc) is 2.06. The lowest BCUT2D eigenvalue weighted by molar-refractivity contribution is 0.565. The molecule has 84 valence electrons. The summed E-state index contributed by atoms with van der Waals surface area (Å²) in [6, 6.07) is 3.99. The zero-order valence-corrected chi connectivity index (χ0v) is 9.31. The molecule has 0 heterocycles. The van der Waals surface area contributed by atoms with Crippen LogP contribution in [0.25, 0.3) is 0 Å². The van der Waals surface area contributed by atoms with Crippen LogP contribution in [0.1, 0.15) is 24.1 Å². The maximum Gasteiger partial charge on any atom is 0.274 e. The molecule has 0 saturated carbocycles. The van der Waals surface area contributed by atoms with Crippen molar-refractivity contribution in [2.45, 2.75) is 19.9 Å². The molecule has 0 amide bonds. The number of hydrogen-bond donors (Lipinski definition) is 2. The highest BCUT2D eigenvalue weighted by Crippen LogP contribution is 2.16. The summed E-state index contributed by atoms with van der Waals surface area (Å²) in [5, 5.41) is 4.81. The molecule has 15 heavy (non-hydrogen) atoms. The van der Waals surface area contributed by atoms with Crippen LogP contribution < -0.4 is 9.86 Å². The molecular formula is C9H13FN2O2S. The highest BCUT2D eigenvalue weighted by atomic mass is 32.2. The Morgan fingerprint density at radius 2 is 2.07 bits per heavy atom. The van der Waals surface area contributed by atoms with Crippen molar-refractivity contribution in [3.05, 3.63) is 35.1 Å². The molecule has 0 bridgehead atoms. The molecule has 1 aromatic rings. The lowest BCUT2D eigenvalue weighted by Crippen LogP contribution is -2.33. The molecule has 4 nitrogen and oxygen atoms in total. The minimum absolute atomic E-state index is 0.365. The van der Waals surface area contributed by atoms with Crippen LogP contribution in [0.2, 0.25) is 0 Å². The largest absolute Gasteiger partial charge is 0.274 e. The molecule has 1 rings (SSSR count). The van der Waals surface area contributed by atoms with E-state index in [1.807, 2.05) is 0 Å². The lowest BCUT2D eigenvalue weighted by Gasteiger charge is -2.12. The third kappa shape index (κ3) is 3.58. The molecule has 0 fully saturated rings. The van der Waals surface area contributed by atoms with Crippen LogP contribution in [0.15, 0.2) is 18.2 Å². The first-order chi connectivity index (χ1) is 6.79. The normalized spacial score (nSPS) is 13.9. The van der Waals surface area contributed by atoms with Gasteiger partial charge in [0.25, 0.3) is 10.2 Å². The molecule has 0 spiro atoms. The predicted molar refractivity (Wildman–Crippen MR) is 55.8 cm³/mol. The first-order valence-electron chi connectivity index (χ1n) is 4.35. The Morgan fingerprint density at radius 1 is 1.47 bits per heavy atom. The smallest absolute Gasteiger partial charge is 0.216 e. The SMILES string of the molecule is Cc1ccc(C(C)NS(N)(=O)=O)cc1F. The van der Waals surface area contributed by atoms with Crippen molar-refractivity contribution in [3.8, 4) is 0 Å². The van der Waals surface area contributed by atoms with Crippen LogP contribution in [0.5, 0.6) is 0 Å². The second-order valence-electron chi connectivity index (χ2n) is 3.39. The number of rotatable bonds is 3. The van der Waals surface area contributed by atoms with Gasteiger partial charge in [-0.3, -0.25) is 0 Å². The van der Waals surface area contributed by atoms with E-state index in [1.54, 1.807) is 26.0 Å². The van der Waals surface area contributed by atoms with Gasteiger partial charge in [-0.15, -0.1) is 0 Å². The summed E-state index contributed by atoms with van der Waals surface area (Å²) in [5.41, 5.74) is 1.05. The predicted octanol–water partition coefficient (Wildman–Crippen LogP) is 0.988. The van der Waals surface area contributed by atoms with Gasteiger partial charge in [-0.1, -0.05) is 12.1 Å². The summed E-state index contributed by atoms with van der Waals surface area (Å²) in [7, 11) is -3.77. The highest BCUT2D eigenvalue weighted by molar-refractivity contribution is 7.87. The molecule has 3 N–H and O–H groups in total. The summed E-state index contributed by atoms with van der Waals surface area (Å²) in [4.78, 5) is 0. The maximum absolute atomic E-state index is 13.2. The maximum atomic E-state index is 13.2. The topological polar surface area (TPSA) is 72.2 Å². The molecule has 0 aliphatic rings. The van der Waals surface area contributed by atoms with Crippen LogP contribution in [0, 0.1) is 12.7 Å². The van der Waals surface area contributed by atoms with Gasteiger partial charge in [0.05, 0.1) is 0 Å². The van der Waals surface area contributed by atoms with E-state index >= 15 is 0 Å². The van der Waals surface area contributed by atoms with E-state index < -0.39 is 16.3 Å². The Hall–Kier alpha value is -0.980. The third-order valence-corrected chi connectivity index (χ3v) is 2.72. The Balaban J connectivity index is 2.92. The summed E-state index contributed by atoms with van der Waals surface area (Å²) in [6.45, 7) is 3.23. The van der Waals surface area contributed by atoms with E-state index in [9.17, 15) is 12.8 Å². The zero-order chi connectivity index (χ0) is 11.6. The summed E-state index contributed by atoms with van der Waals surface area (Å²) in [6.07, 6.45) is 0. The van der Waals surface area contributed by atoms with Crippen molar-refractivity contribution in [2.24, 2.45) is 5.14 Å². The number of aryl methyl sites for hydroxylation is 1. The number of benzene rings is 1. The van der Waals surface area contributed by atoms with Crippen LogP contribution in [0.4, 0.5) is 4.39 Å². The van der Waals surface area contributed by atoms with Crippen molar-refractivity contribution < 1.29 is 12.8 Å². The third-order valence-electron chi connectivity index (χ3n) is 2.04. The van der Waals surface area contributed by atoms with Crippen LogP contribution >= 0.6 is 0 Å². The molecule has 1 aromatic carbocycles. The Labute approximate surface area is 88.5 Å². The molecule has 0 saturated heterocycles. The van der Waals surface area contributed by atoms with Crippen molar-refractivity contribution >= 4 is 10.2 Å². The molecule has 0 aliphatic carbocycles. The number of halogens is 1. The highest BCUT2D eigenvalue weighted by Gasteiger charge is 2.12. The van der Waals surface area contributed by atoms with Gasteiger partial charge in [-0.2, -0.15) is 13.1 Å². The summed E-state index contributed by atoms with van der Waals surface area (Å²) in [5.74, 6) is -0.365. The summed E-state index contributed by atoms with van der Waals surface area (Å²) < 4.78 is 36.8. The average molecular weight is 232 g/mol. The first kappa shape index (κ1) is 12.1. The standard InChI is InChI=1S/C9H13FN2O2S/c1-6-3-4-8(5-9(6)10)7(2)12-15(11,13)14/h3-5,7,12H,1-2H3,(H2,11,13,14). The molecule has 1 atom stereocenters. The van der Waals surface area contributed by atoms with E-state index in [0.29, 0.717) is 11.1 Å². The van der Waals surface area contributed by atoms with E-state index in [-0.39, 0.29) is 5.82 Å². The minimum atomic E-state index is -3.77. The number of hydrogen-bond acceptors (Lipinski definition) is 2. The van der Waals surface area contributed by atoms with Gasteiger partial charge in [-0.25, -0.2) is 9.53 Å². The van der Waals surface area contributed by atoms with Crippen LogP contribution in [0.3, 0.4) is 0 Å². The minimum Gasteiger partial charge on any atom is -0.216 e. The second kappa shape index (κ2) is 4.26. The second-order valence-corrected chi connectivity index (χ2v) is 4.72. The van der Waals surface area contributed by atoms with Gasteiger partial charge in [0.2, 0.25) is 0 Å². The van der Waals surface area contributed by atoms with Crippen molar-refractivity contribution in [2.75, 3.05) is 0 Å². The number of nitrogens with one attached hydrogen (secondary N) is 1. The molecular weight excluding hydrogens is 219 g/mol. The lowest BCUT2D eigenvalue weighted by atomic mass is 10.1. The first-order valence-corrected chi connectivity index (χ1v) is 5.90. The van der Waals surface area contributed by atoms with Gasteiger partial charge >= 0.3 is 0 Å². The van der Waals surface area contributed by atoms with Gasteiger partial charge < -0.3 is 0 Å². The van der Waals surface area contributed by atoms with Crippen LogP contribution in [-0.4, -0.2) is 8.42 Å². The monoisotopic (exact) mass is 232 g/mol. The van der Waals surface area contributed by atoms with E-state index in [2.05, 4.69) is 4.72 Å². The van der Waals surface area contributed by atoms with Crippen LogP contribution in [-0.2, 0) is 10.2 Å². The fourth-order valence-electron chi connectivity index (χ4n) is 1.19. The van der Waals surface area contributed by atoms with Gasteiger partial charge in [0, 0.05) is 6.04 Å². The Bertz CT molecular complexity index is 459. The molecule has 1 unspecified atom stereocenters. The fourth-order valence-corrected chi connectivity index (χ4v) is 1.82. The Morgan fingerprint density at radius 3 is 2.53 bits per heavy atom. The van der Waals surface area contributed by atoms with Crippen molar-refractivity contribution in [1.29, 1.82) is 0 Å². The molecule has 6 heteroatoms. The summed E-state index contributed by atoms with van der Waals surface area (Å²) >= 11 is 0. The molecule has 0 aliphatic heterocycles. The van der Waals surface area contributed by atoms with Gasteiger partial charge in [-0.05, 0) is 31.0 Å². The number of nitrogens with two attached hydrogens (primary N) is 1. The quantitative estimate of drug-likeness (QED) is 0.815. The van der Waals surface area contributed by atoms with E-state index in [1.165, 1.54) is 6.07 Å². The van der Waals surface area contributed by atoms with E-state index in [4.69, 9.17) is 5.14 Å². The Kier molecular flexibility index (Phi) is 3.43. The van der Waals surface area contributed by atoms with Crippen molar-refractivity contribution in [3.63, 3.8) is 0 Å². The van der Waals surface area contributed by atoms with Crippen molar-refractivity contribution in [1.82, 2.24) is 4.72 Å². The molecule has 0 aromatic heterocycles. The zero-order valence-electron chi connectivity index (χ0n) is 8.49. The van der Waals surface area contributed by atoms with Gasteiger partial charge in [0.1, 0.15) is 5.82 Å². The van der Waals surface area contributed by atoms with Gasteiger partial charge in [0.15, 0.2) is 0 Å². The molecule has 0 radical (unpaired) electrons.